The van der Waals surface area contributed by atoms with Crippen LogP contribution in [0.5, 0.6) is 11.5 Å². The van der Waals surface area contributed by atoms with Crippen molar-refractivity contribution in [2.75, 3.05) is 32.8 Å². The van der Waals surface area contributed by atoms with Gasteiger partial charge in [0.25, 0.3) is 5.56 Å². The second-order valence-electron chi connectivity index (χ2n) is 10.4. The fourth-order valence-corrected chi connectivity index (χ4v) is 5.08. The quantitative estimate of drug-likeness (QED) is 0.293. The number of aromatic nitrogens is 2. The van der Waals surface area contributed by atoms with Crippen LogP contribution in [0.25, 0.3) is 16.6 Å². The average Bonchev–Trinajstić information content (AvgIpc) is 2.97. The van der Waals surface area contributed by atoms with Crippen molar-refractivity contribution in [1.82, 2.24) is 19.4 Å². The zero-order valence-corrected chi connectivity index (χ0v) is 24.0. The number of ether oxygens (including phenoxy) is 2. The van der Waals surface area contributed by atoms with Crippen molar-refractivity contribution < 1.29 is 19.7 Å². The second kappa shape index (κ2) is 13.0. The maximum absolute atomic E-state index is 14.0. The molecule has 0 amide bonds. The summed E-state index contributed by atoms with van der Waals surface area (Å²) >= 11 is 5.93. The topological polar surface area (TPSA) is 100 Å². The van der Waals surface area contributed by atoms with Gasteiger partial charge in [-0.25, -0.2) is 4.98 Å². The van der Waals surface area contributed by atoms with Crippen LogP contribution < -0.4 is 15.0 Å². The second-order valence-corrected chi connectivity index (χ2v) is 10.8. The van der Waals surface area contributed by atoms with Crippen LogP contribution >= 0.6 is 11.6 Å². The molecule has 1 atom stereocenters. The summed E-state index contributed by atoms with van der Waals surface area (Å²) < 4.78 is 13.4. The van der Waals surface area contributed by atoms with Crippen molar-refractivity contribution in [3.8, 4) is 17.2 Å². The molecule has 1 aliphatic rings. The molecule has 4 aromatic rings. The smallest absolute Gasteiger partial charge is 0.266 e. The lowest BCUT2D eigenvalue weighted by molar-refractivity contribution is -0.0505. The molecule has 3 aromatic carbocycles. The van der Waals surface area contributed by atoms with Crippen LogP contribution in [0.15, 0.2) is 71.5 Å². The minimum Gasteiger partial charge on any atom is -0.489 e. The molecular formula is C31H35ClN4O5. The molecule has 41 heavy (non-hydrogen) atoms. The number of piperazine rings is 1. The molecule has 0 saturated carbocycles. The molecule has 1 unspecified atom stereocenters. The van der Waals surface area contributed by atoms with Crippen LogP contribution in [0.1, 0.15) is 25.2 Å². The fourth-order valence-electron chi connectivity index (χ4n) is 4.95. The SMILES string of the molecule is CC(C)Oc1ccccc1-n1c(CN2CCN(C(O)COc3ccc(Cl)cc3)CC2)nc2ccc(CO)cc2c1=O. The molecule has 2 N–H and O–H groups in total. The number of aliphatic hydroxyl groups excluding tert-OH is 2. The van der Waals surface area contributed by atoms with E-state index in [1.165, 1.54) is 0 Å². The number of halogens is 1. The number of nitrogens with zero attached hydrogens (tertiary/aromatic N) is 4. The molecule has 0 aliphatic carbocycles. The van der Waals surface area contributed by atoms with Crippen LogP contribution in [0.4, 0.5) is 0 Å². The van der Waals surface area contributed by atoms with Crippen LogP contribution in [0, 0.1) is 0 Å². The van der Waals surface area contributed by atoms with Gasteiger partial charge in [-0.05, 0) is 67.9 Å². The minimum atomic E-state index is -0.745. The van der Waals surface area contributed by atoms with E-state index in [4.69, 9.17) is 26.1 Å². The van der Waals surface area contributed by atoms with Crippen molar-refractivity contribution in [1.29, 1.82) is 0 Å². The summed E-state index contributed by atoms with van der Waals surface area (Å²) in [6.45, 7) is 6.95. The lowest BCUT2D eigenvalue weighted by Gasteiger charge is -2.37. The Bertz CT molecular complexity index is 1530. The lowest BCUT2D eigenvalue weighted by atomic mass is 10.1. The number of hydrogen-bond acceptors (Lipinski definition) is 8. The van der Waals surface area contributed by atoms with Crippen LogP contribution in [0.2, 0.25) is 5.02 Å². The van der Waals surface area contributed by atoms with Gasteiger partial charge in [0.1, 0.15) is 30.2 Å². The molecule has 0 spiro atoms. The maximum atomic E-state index is 14.0. The number of benzene rings is 3. The highest BCUT2D eigenvalue weighted by Crippen LogP contribution is 2.26. The van der Waals surface area contributed by atoms with Gasteiger partial charge in [-0.3, -0.25) is 19.2 Å². The highest BCUT2D eigenvalue weighted by Gasteiger charge is 2.25. The van der Waals surface area contributed by atoms with Gasteiger partial charge >= 0.3 is 0 Å². The zero-order valence-electron chi connectivity index (χ0n) is 23.2. The van der Waals surface area contributed by atoms with Gasteiger partial charge in [0.2, 0.25) is 0 Å². The Morgan fingerprint density at radius 2 is 1.73 bits per heavy atom. The van der Waals surface area contributed by atoms with Gasteiger partial charge in [0, 0.05) is 31.2 Å². The standard InChI is InChI=1S/C31H35ClN4O5/c1-21(2)41-28-6-4-3-5-27(28)36-29(33-26-12-7-22(19-37)17-25(26)31(36)39)18-34-13-15-35(16-14-34)30(38)20-40-24-10-8-23(32)9-11-24/h3-12,17,21,30,37-38H,13-16,18-20H2,1-2H3. The molecule has 2 heterocycles. The average molecular weight is 579 g/mol. The number of rotatable bonds is 10. The molecule has 216 valence electrons. The summed E-state index contributed by atoms with van der Waals surface area (Å²) in [6.07, 6.45) is -0.821. The third kappa shape index (κ3) is 6.89. The molecule has 1 fully saturated rings. The maximum Gasteiger partial charge on any atom is 0.266 e. The normalized spacial score (nSPS) is 15.4. The van der Waals surface area contributed by atoms with E-state index in [1.54, 1.807) is 47.0 Å². The molecule has 1 aromatic heterocycles. The van der Waals surface area contributed by atoms with E-state index in [0.717, 1.165) is 0 Å². The molecule has 9 nitrogen and oxygen atoms in total. The van der Waals surface area contributed by atoms with Crippen molar-refractivity contribution >= 4 is 22.5 Å². The van der Waals surface area contributed by atoms with Gasteiger partial charge < -0.3 is 19.7 Å². The number of hydrogen-bond donors (Lipinski definition) is 2. The molecule has 0 bridgehead atoms. The summed E-state index contributed by atoms with van der Waals surface area (Å²) in [4.78, 5) is 23.1. The van der Waals surface area contributed by atoms with Crippen LogP contribution in [-0.2, 0) is 13.2 Å². The van der Waals surface area contributed by atoms with Gasteiger partial charge in [0.15, 0.2) is 0 Å². The summed E-state index contributed by atoms with van der Waals surface area (Å²) in [5, 5.41) is 21.5. The number of fused-ring (bicyclic) bond motifs is 1. The predicted molar refractivity (Wildman–Crippen MR) is 159 cm³/mol. The van der Waals surface area contributed by atoms with E-state index >= 15 is 0 Å². The van der Waals surface area contributed by atoms with Crippen LogP contribution in [0.3, 0.4) is 0 Å². The monoisotopic (exact) mass is 578 g/mol. The number of para-hydroxylation sites is 2. The highest BCUT2D eigenvalue weighted by atomic mass is 35.5. The summed E-state index contributed by atoms with van der Waals surface area (Å²) in [7, 11) is 0. The first-order valence-corrected chi connectivity index (χ1v) is 14.1. The Hall–Kier alpha value is -3.47. The zero-order chi connectivity index (χ0) is 28.9. The Kier molecular flexibility index (Phi) is 9.22. The molecule has 10 heteroatoms. The van der Waals surface area contributed by atoms with E-state index in [-0.39, 0.29) is 24.9 Å². The van der Waals surface area contributed by atoms with E-state index in [2.05, 4.69) is 4.90 Å². The van der Waals surface area contributed by atoms with E-state index < -0.39 is 6.23 Å². The van der Waals surface area contributed by atoms with E-state index in [0.29, 0.717) is 77.2 Å². The van der Waals surface area contributed by atoms with Crippen molar-refractivity contribution in [2.45, 2.75) is 39.3 Å². The Labute approximate surface area is 244 Å². The minimum absolute atomic E-state index is 0.0760. The third-order valence-corrected chi connectivity index (χ3v) is 7.31. The Balaban J connectivity index is 1.37. The summed E-state index contributed by atoms with van der Waals surface area (Å²) in [5.74, 6) is 1.85. The van der Waals surface area contributed by atoms with Crippen molar-refractivity contribution in [2.24, 2.45) is 0 Å². The summed E-state index contributed by atoms with van der Waals surface area (Å²) in [5.41, 5.74) is 1.64. The van der Waals surface area contributed by atoms with Gasteiger partial charge in [-0.15, -0.1) is 0 Å². The predicted octanol–water partition coefficient (Wildman–Crippen LogP) is 3.83. The van der Waals surface area contributed by atoms with E-state index in [9.17, 15) is 15.0 Å². The van der Waals surface area contributed by atoms with E-state index in [1.807, 2.05) is 43.0 Å². The molecule has 5 rings (SSSR count). The first kappa shape index (κ1) is 29.0. The third-order valence-electron chi connectivity index (χ3n) is 7.06. The largest absolute Gasteiger partial charge is 0.489 e. The van der Waals surface area contributed by atoms with Crippen molar-refractivity contribution in [3.63, 3.8) is 0 Å². The Morgan fingerprint density at radius 1 is 1.00 bits per heavy atom. The summed E-state index contributed by atoms with van der Waals surface area (Å²) in [6, 6.07) is 19.8. The highest BCUT2D eigenvalue weighted by molar-refractivity contribution is 6.30. The molecule has 0 radical (unpaired) electrons. The van der Waals surface area contributed by atoms with Gasteiger partial charge in [0.05, 0.1) is 35.8 Å². The molecule has 1 saturated heterocycles. The van der Waals surface area contributed by atoms with Gasteiger partial charge in [-0.1, -0.05) is 29.8 Å². The van der Waals surface area contributed by atoms with Crippen molar-refractivity contribution in [3.05, 3.63) is 93.5 Å². The Morgan fingerprint density at radius 3 is 2.44 bits per heavy atom. The molecule has 1 aliphatic heterocycles. The molecular weight excluding hydrogens is 544 g/mol. The van der Waals surface area contributed by atoms with Gasteiger partial charge in [-0.2, -0.15) is 0 Å². The number of aliphatic hydroxyl groups is 2. The van der Waals surface area contributed by atoms with Crippen LogP contribution in [-0.4, -0.2) is 74.7 Å². The first-order valence-electron chi connectivity index (χ1n) is 13.8. The lowest BCUT2D eigenvalue weighted by Crippen LogP contribution is -2.51. The first-order chi connectivity index (χ1) is 19.8. The fraction of sp³-hybridized carbons (Fsp3) is 0.355.